The van der Waals surface area contributed by atoms with Gasteiger partial charge < -0.3 is 16.8 Å². The van der Waals surface area contributed by atoms with E-state index in [9.17, 15) is 0 Å². The van der Waals surface area contributed by atoms with Crippen LogP contribution in [0.15, 0.2) is 259 Å². The van der Waals surface area contributed by atoms with Crippen molar-refractivity contribution in [3.63, 3.8) is 0 Å². The van der Waals surface area contributed by atoms with Gasteiger partial charge in [-0.25, -0.2) is 9.34 Å². The smallest absolute Gasteiger partial charge is 0.346 e. The van der Waals surface area contributed by atoms with E-state index in [4.69, 9.17) is 16.8 Å². The number of fused-ring (bicyclic) bond motifs is 18. The molecule has 0 saturated heterocycles. The summed E-state index contributed by atoms with van der Waals surface area (Å²) in [5, 5.41) is 13.6. The summed E-state index contributed by atoms with van der Waals surface area (Å²) in [6.07, 6.45) is 8.68. The van der Waals surface area contributed by atoms with E-state index in [2.05, 4.69) is 276 Å². The highest BCUT2D eigenvalue weighted by Gasteiger charge is 2.27. The standard InChI is InChI=1S/2C34H22NO2P/c2*1-5-13-27-23(9-1)19-21-31-33(27)34-28-14-6-2-10-24(28)20-22-32(34)37-38(36-31)35-29-15-7-3-11-25(29)17-18-26-12-4-8-16-30(26)35/h2*1-22H. The normalized spacial score (nSPS) is 12.6. The van der Waals surface area contributed by atoms with Crippen LogP contribution in [0, 0.1) is 0 Å². The van der Waals surface area contributed by atoms with E-state index >= 15 is 0 Å². The molecular formula is C68H44N2O4P2. The fourth-order valence-corrected chi connectivity index (χ4v) is 14.3. The van der Waals surface area contributed by atoms with Gasteiger partial charge in [0.2, 0.25) is 0 Å². The first-order valence-corrected chi connectivity index (χ1v) is 27.7. The van der Waals surface area contributed by atoms with Crippen molar-refractivity contribution >= 4 is 150 Å². The number of rotatable bonds is 2. The topological polar surface area (TPSA) is 59.0 Å². The minimum Gasteiger partial charge on any atom is -0.403 e. The second-order valence-electron chi connectivity index (χ2n) is 19.0. The third-order valence-corrected chi connectivity index (χ3v) is 17.6. The molecule has 76 heavy (non-hydrogen) atoms. The van der Waals surface area contributed by atoms with E-state index in [1.807, 2.05) is 0 Å². The summed E-state index contributed by atoms with van der Waals surface area (Å²) in [4.78, 5) is 0. The summed E-state index contributed by atoms with van der Waals surface area (Å²) in [6.45, 7) is 0. The van der Waals surface area contributed by atoms with E-state index in [1.165, 1.54) is 21.5 Å². The fourth-order valence-electron chi connectivity index (χ4n) is 11.1. The van der Waals surface area contributed by atoms with Gasteiger partial charge in [-0.15, -0.1) is 0 Å². The summed E-state index contributed by atoms with van der Waals surface area (Å²) < 4.78 is 32.3. The van der Waals surface area contributed by atoms with Gasteiger partial charge in [0, 0.05) is 21.5 Å². The Morgan fingerprint density at radius 1 is 0.224 bits per heavy atom. The SMILES string of the molecule is C1=Cc2ccccc2N(p2oc3ccc4ccccc4c3c3c(ccc4ccccc43)o2)c2ccccc21.C1=Cc2ccccc2N(p2oc3ccc4ccccc4c3c3c(ccc4ccccc43)o2)c2ccccc21. The molecule has 360 valence electrons. The van der Waals surface area contributed by atoms with Crippen LogP contribution in [0.1, 0.15) is 22.3 Å². The molecule has 6 nitrogen and oxygen atoms in total. The van der Waals surface area contributed by atoms with E-state index < -0.39 is 16.3 Å². The van der Waals surface area contributed by atoms with E-state index in [0.29, 0.717) is 0 Å². The van der Waals surface area contributed by atoms with Crippen LogP contribution in [0.4, 0.5) is 22.7 Å². The monoisotopic (exact) mass is 1010 g/mol. The molecule has 0 radical (unpaired) electrons. The molecule has 0 unspecified atom stereocenters. The molecule has 0 N–H and O–H groups in total. The van der Waals surface area contributed by atoms with Gasteiger partial charge in [-0.3, -0.25) is 0 Å². The van der Waals surface area contributed by atoms with Gasteiger partial charge in [-0.05, 0) is 114 Å². The van der Waals surface area contributed by atoms with E-state index in [-0.39, 0.29) is 0 Å². The molecule has 0 fully saturated rings. The third-order valence-electron chi connectivity index (χ3n) is 14.6. The number of benzene rings is 12. The molecule has 14 aromatic rings. The molecule has 0 aliphatic carbocycles. The predicted molar refractivity (Wildman–Crippen MR) is 321 cm³/mol. The Balaban J connectivity index is 0.000000133. The van der Waals surface area contributed by atoms with Crippen molar-refractivity contribution in [1.29, 1.82) is 0 Å². The highest BCUT2D eigenvalue weighted by Crippen LogP contribution is 2.53. The number of nitrogens with zero attached hydrogens (tertiary/aromatic N) is 2. The Morgan fingerprint density at radius 2 is 0.447 bits per heavy atom. The minimum absolute atomic E-state index is 0.831. The molecule has 0 spiro atoms. The zero-order valence-corrected chi connectivity index (χ0v) is 42.6. The van der Waals surface area contributed by atoms with E-state index in [1.54, 1.807) is 0 Å². The van der Waals surface area contributed by atoms with Crippen LogP contribution in [0.5, 0.6) is 0 Å². The second kappa shape index (κ2) is 18.2. The number of anilines is 4. The van der Waals surface area contributed by atoms with Crippen LogP contribution < -0.4 is 9.34 Å². The number of hydrogen-bond acceptors (Lipinski definition) is 6. The van der Waals surface area contributed by atoms with Crippen molar-refractivity contribution in [2.75, 3.05) is 9.34 Å². The lowest BCUT2D eigenvalue weighted by Crippen LogP contribution is -2.07. The van der Waals surface area contributed by atoms with Gasteiger partial charge in [0.15, 0.2) is 0 Å². The zero-order chi connectivity index (χ0) is 50.1. The van der Waals surface area contributed by atoms with Crippen molar-refractivity contribution in [2.24, 2.45) is 0 Å². The van der Waals surface area contributed by atoms with Gasteiger partial charge in [0.05, 0.1) is 22.7 Å². The molecule has 0 amide bonds. The number of para-hydroxylation sites is 4. The zero-order valence-electron chi connectivity index (χ0n) is 40.8. The van der Waals surface area contributed by atoms with Gasteiger partial charge in [0.1, 0.15) is 22.3 Å². The summed E-state index contributed by atoms with van der Waals surface area (Å²) in [5.74, 6) is 0. The molecule has 0 atom stereocenters. The molecule has 0 saturated carbocycles. The molecule has 2 aliphatic rings. The lowest BCUT2D eigenvalue weighted by Gasteiger charge is -2.23. The Kier molecular flexibility index (Phi) is 10.6. The van der Waals surface area contributed by atoms with Crippen LogP contribution in [0.25, 0.3) is 111 Å². The Hall–Kier alpha value is -9.44. The lowest BCUT2D eigenvalue weighted by molar-refractivity contribution is 0.639. The molecule has 4 heterocycles. The highest BCUT2D eigenvalue weighted by molar-refractivity contribution is 7.40. The minimum atomic E-state index is -1.60. The summed E-state index contributed by atoms with van der Waals surface area (Å²) in [6, 6.07) is 84.7. The van der Waals surface area contributed by atoms with Crippen molar-refractivity contribution in [1.82, 2.24) is 0 Å². The Morgan fingerprint density at radius 3 is 0.711 bits per heavy atom. The number of hydrogen-bond donors (Lipinski definition) is 0. The van der Waals surface area contributed by atoms with E-state index in [0.717, 1.165) is 110 Å². The van der Waals surface area contributed by atoms with Crippen LogP contribution in [-0.4, -0.2) is 0 Å². The molecule has 12 aromatic carbocycles. The Bertz CT molecular complexity index is 4230. The van der Waals surface area contributed by atoms with Crippen molar-refractivity contribution in [2.45, 2.75) is 0 Å². The molecule has 2 aromatic heterocycles. The highest BCUT2D eigenvalue weighted by atomic mass is 31.1. The summed E-state index contributed by atoms with van der Waals surface area (Å²) in [5.41, 5.74) is 12.1. The quantitative estimate of drug-likeness (QED) is 0.172. The van der Waals surface area contributed by atoms with Crippen molar-refractivity contribution in [3.05, 3.63) is 265 Å². The van der Waals surface area contributed by atoms with Gasteiger partial charge in [-0.1, -0.05) is 218 Å². The fraction of sp³-hybridized carbons (Fsp3) is 0. The van der Waals surface area contributed by atoms with Gasteiger partial charge >= 0.3 is 16.3 Å². The average Bonchev–Trinajstić information content (AvgIpc) is 3.99. The summed E-state index contributed by atoms with van der Waals surface area (Å²) in [7, 11) is -3.19. The van der Waals surface area contributed by atoms with Crippen molar-refractivity contribution in [3.8, 4) is 0 Å². The lowest BCUT2D eigenvalue weighted by atomic mass is 9.99. The second-order valence-corrected chi connectivity index (χ2v) is 21.5. The first kappa shape index (κ1) is 44.1. The van der Waals surface area contributed by atoms with Crippen LogP contribution in [-0.2, 0) is 0 Å². The largest absolute Gasteiger partial charge is 0.403 e. The van der Waals surface area contributed by atoms with Crippen LogP contribution in [0.2, 0.25) is 0 Å². The van der Waals surface area contributed by atoms with Crippen molar-refractivity contribution < 1.29 is 16.8 Å². The summed E-state index contributed by atoms with van der Waals surface area (Å²) >= 11 is 0. The molecule has 0 bridgehead atoms. The average molecular weight is 1020 g/mol. The first-order valence-electron chi connectivity index (χ1n) is 25.4. The molecule has 2 aliphatic heterocycles. The maximum atomic E-state index is 6.95. The maximum Gasteiger partial charge on any atom is 0.346 e. The van der Waals surface area contributed by atoms with Crippen LogP contribution in [0.3, 0.4) is 0 Å². The maximum absolute atomic E-state index is 6.95. The molecule has 16 rings (SSSR count). The van der Waals surface area contributed by atoms with Crippen LogP contribution >= 0.6 is 16.3 Å². The molecular weight excluding hydrogens is 971 g/mol. The third kappa shape index (κ3) is 7.34. The Labute approximate surface area is 439 Å². The van der Waals surface area contributed by atoms with Gasteiger partial charge in [0.25, 0.3) is 0 Å². The first-order chi connectivity index (χ1) is 37.7. The van der Waals surface area contributed by atoms with Gasteiger partial charge in [-0.2, -0.15) is 0 Å². The predicted octanol–water partition coefficient (Wildman–Crippen LogP) is 21.4. The molecule has 8 heteroatoms.